The first-order valence-corrected chi connectivity index (χ1v) is 7.34. The lowest BCUT2D eigenvalue weighted by molar-refractivity contribution is 0.0925. The van der Waals surface area contributed by atoms with Crippen molar-refractivity contribution in [3.05, 3.63) is 30.1 Å². The topological polar surface area (TPSA) is 69.9 Å². The molecule has 1 aliphatic rings. The molecule has 0 saturated carbocycles. The minimum atomic E-state index is -0.559. The summed E-state index contributed by atoms with van der Waals surface area (Å²) in [7, 11) is 0. The number of aromatic nitrogens is 2. The predicted octanol–water partition coefficient (Wildman–Crippen LogP) is 1.05. The summed E-state index contributed by atoms with van der Waals surface area (Å²) in [5.41, 5.74) is 2.46. The Morgan fingerprint density at radius 2 is 2.24 bits per heavy atom. The van der Waals surface area contributed by atoms with Crippen molar-refractivity contribution in [3.63, 3.8) is 0 Å². The quantitative estimate of drug-likeness (QED) is 0.882. The van der Waals surface area contributed by atoms with Gasteiger partial charge < -0.3 is 15.3 Å². The van der Waals surface area contributed by atoms with Crippen LogP contribution in [0.4, 0.5) is 5.69 Å². The Bertz CT molecular complexity index is 644. The zero-order chi connectivity index (χ0) is 14.8. The molecule has 0 bridgehead atoms. The van der Waals surface area contributed by atoms with Gasteiger partial charge in [0.1, 0.15) is 0 Å². The highest BCUT2D eigenvalue weighted by Gasteiger charge is 2.16. The molecular formula is C15H20N4O2. The summed E-state index contributed by atoms with van der Waals surface area (Å²) in [6.07, 6.45) is 5.32. The molecule has 21 heavy (non-hydrogen) atoms. The number of carbonyl (C=O) groups is 1. The molecule has 112 valence electrons. The van der Waals surface area contributed by atoms with E-state index in [-0.39, 0.29) is 12.5 Å². The van der Waals surface area contributed by atoms with Crippen molar-refractivity contribution in [1.29, 1.82) is 0 Å². The van der Waals surface area contributed by atoms with Gasteiger partial charge in [0.15, 0.2) is 0 Å². The molecule has 0 aromatic carbocycles. The van der Waals surface area contributed by atoms with Gasteiger partial charge >= 0.3 is 0 Å². The first-order valence-electron chi connectivity index (χ1n) is 7.34. The smallest absolute Gasteiger partial charge is 0.255 e. The van der Waals surface area contributed by atoms with Gasteiger partial charge in [-0.05, 0) is 31.9 Å². The van der Waals surface area contributed by atoms with E-state index in [0.29, 0.717) is 5.56 Å². The fourth-order valence-electron chi connectivity index (χ4n) is 2.65. The molecule has 0 aliphatic carbocycles. The normalized spacial score (nSPS) is 16.4. The molecule has 6 heteroatoms. The first-order chi connectivity index (χ1) is 10.1. The lowest BCUT2D eigenvalue weighted by atomic mass is 10.2. The Balaban J connectivity index is 1.88. The van der Waals surface area contributed by atoms with Crippen LogP contribution in [0.3, 0.4) is 0 Å². The van der Waals surface area contributed by atoms with Crippen molar-refractivity contribution in [2.24, 2.45) is 0 Å². The number of pyridine rings is 1. The van der Waals surface area contributed by atoms with Crippen LogP contribution >= 0.6 is 0 Å². The highest BCUT2D eigenvalue weighted by atomic mass is 16.3. The molecular weight excluding hydrogens is 268 g/mol. The Morgan fingerprint density at radius 3 is 2.95 bits per heavy atom. The first kappa shape index (κ1) is 13.9. The number of hydrogen-bond donors (Lipinski definition) is 2. The van der Waals surface area contributed by atoms with E-state index < -0.39 is 6.10 Å². The zero-order valence-electron chi connectivity index (χ0n) is 12.1. The van der Waals surface area contributed by atoms with E-state index >= 15 is 0 Å². The molecule has 0 radical (unpaired) electrons. The largest absolute Gasteiger partial charge is 0.392 e. The van der Waals surface area contributed by atoms with Gasteiger partial charge in [-0.3, -0.25) is 4.79 Å². The summed E-state index contributed by atoms with van der Waals surface area (Å²) in [6.45, 7) is 4.01. The zero-order valence-corrected chi connectivity index (χ0v) is 12.1. The van der Waals surface area contributed by atoms with Gasteiger partial charge in [-0.25, -0.2) is 4.52 Å². The van der Waals surface area contributed by atoms with E-state index in [4.69, 9.17) is 0 Å². The monoisotopic (exact) mass is 288 g/mol. The number of hydrogen-bond acceptors (Lipinski definition) is 4. The second-order valence-corrected chi connectivity index (χ2v) is 5.53. The number of aliphatic hydroxyl groups excluding tert-OH is 1. The second-order valence-electron chi connectivity index (χ2n) is 5.53. The van der Waals surface area contributed by atoms with Crippen LogP contribution in [-0.4, -0.2) is 46.4 Å². The minimum Gasteiger partial charge on any atom is -0.392 e. The van der Waals surface area contributed by atoms with Crippen LogP contribution in [0.5, 0.6) is 0 Å². The van der Waals surface area contributed by atoms with Gasteiger partial charge in [0.05, 0.1) is 23.4 Å². The van der Waals surface area contributed by atoms with E-state index in [1.54, 1.807) is 17.6 Å². The lowest BCUT2D eigenvalue weighted by Crippen LogP contribution is -2.30. The molecule has 3 rings (SSSR count). The lowest BCUT2D eigenvalue weighted by Gasteiger charge is -2.17. The molecule has 2 aromatic rings. The number of nitrogens with zero attached hydrogens (tertiary/aromatic N) is 3. The van der Waals surface area contributed by atoms with E-state index in [0.717, 1.165) is 24.3 Å². The maximum absolute atomic E-state index is 12.2. The number of fused-ring (bicyclic) bond motifs is 1. The summed E-state index contributed by atoms with van der Waals surface area (Å²) in [6, 6.07) is 4.04. The van der Waals surface area contributed by atoms with Crippen molar-refractivity contribution in [3.8, 4) is 0 Å². The summed E-state index contributed by atoms with van der Waals surface area (Å²) in [4.78, 5) is 14.5. The summed E-state index contributed by atoms with van der Waals surface area (Å²) >= 11 is 0. The van der Waals surface area contributed by atoms with Crippen molar-refractivity contribution < 1.29 is 9.90 Å². The van der Waals surface area contributed by atoms with Crippen LogP contribution in [0.25, 0.3) is 5.52 Å². The molecule has 2 N–H and O–H groups in total. The van der Waals surface area contributed by atoms with Crippen LogP contribution in [0.2, 0.25) is 0 Å². The molecule has 1 atom stereocenters. The molecule has 2 aromatic heterocycles. The van der Waals surface area contributed by atoms with Crippen molar-refractivity contribution >= 4 is 17.1 Å². The predicted molar refractivity (Wildman–Crippen MR) is 80.7 cm³/mol. The Morgan fingerprint density at radius 1 is 1.48 bits per heavy atom. The van der Waals surface area contributed by atoms with Crippen LogP contribution in [0.15, 0.2) is 24.5 Å². The van der Waals surface area contributed by atoms with Crippen molar-refractivity contribution in [1.82, 2.24) is 14.9 Å². The highest BCUT2D eigenvalue weighted by molar-refractivity contribution is 6.01. The summed E-state index contributed by atoms with van der Waals surface area (Å²) in [5, 5.41) is 16.2. The SMILES string of the molecule is CC(O)CNC(=O)c1cnn2ccc(N3CCCC3)cc12. The maximum atomic E-state index is 12.2. The highest BCUT2D eigenvalue weighted by Crippen LogP contribution is 2.23. The fourth-order valence-corrected chi connectivity index (χ4v) is 2.65. The van der Waals surface area contributed by atoms with Crippen molar-refractivity contribution in [2.75, 3.05) is 24.5 Å². The number of carbonyl (C=O) groups excluding carboxylic acids is 1. The van der Waals surface area contributed by atoms with E-state index in [1.807, 2.05) is 18.3 Å². The van der Waals surface area contributed by atoms with Gasteiger partial charge in [-0.15, -0.1) is 0 Å². The number of rotatable bonds is 4. The fraction of sp³-hybridized carbons (Fsp3) is 0.467. The van der Waals surface area contributed by atoms with Gasteiger partial charge in [0, 0.05) is 31.5 Å². The molecule has 1 fully saturated rings. The average molecular weight is 288 g/mol. The van der Waals surface area contributed by atoms with Crippen LogP contribution in [-0.2, 0) is 0 Å². The van der Waals surface area contributed by atoms with Crippen LogP contribution < -0.4 is 10.2 Å². The minimum absolute atomic E-state index is 0.204. The Labute approximate surface area is 123 Å². The number of anilines is 1. The maximum Gasteiger partial charge on any atom is 0.255 e. The van der Waals surface area contributed by atoms with Crippen LogP contribution in [0, 0.1) is 0 Å². The molecule has 0 spiro atoms. The van der Waals surface area contributed by atoms with E-state index in [9.17, 15) is 9.90 Å². The molecule has 1 saturated heterocycles. The number of nitrogens with one attached hydrogen (secondary N) is 1. The van der Waals surface area contributed by atoms with Crippen molar-refractivity contribution in [2.45, 2.75) is 25.9 Å². The third-order valence-electron chi connectivity index (χ3n) is 3.78. The standard InChI is InChI=1S/C15H20N4O2/c1-11(20)9-16-15(21)13-10-17-19-7-4-12(8-14(13)19)18-5-2-3-6-18/h4,7-8,10-11,20H,2-3,5-6,9H2,1H3,(H,16,21). The summed E-state index contributed by atoms with van der Waals surface area (Å²) < 4.78 is 1.71. The van der Waals surface area contributed by atoms with Gasteiger partial charge in [-0.1, -0.05) is 0 Å². The summed E-state index contributed by atoms with van der Waals surface area (Å²) in [5.74, 6) is -0.204. The van der Waals surface area contributed by atoms with Gasteiger partial charge in [0.25, 0.3) is 5.91 Å². The molecule has 6 nitrogen and oxygen atoms in total. The average Bonchev–Trinajstić information content (AvgIpc) is 3.13. The van der Waals surface area contributed by atoms with Crippen LogP contribution in [0.1, 0.15) is 30.1 Å². The van der Waals surface area contributed by atoms with E-state index in [1.165, 1.54) is 12.8 Å². The number of aliphatic hydroxyl groups is 1. The van der Waals surface area contributed by atoms with Gasteiger partial charge in [-0.2, -0.15) is 5.10 Å². The molecule has 1 aliphatic heterocycles. The van der Waals surface area contributed by atoms with E-state index in [2.05, 4.69) is 15.3 Å². The Hall–Kier alpha value is -2.08. The molecule has 1 unspecified atom stereocenters. The molecule has 3 heterocycles. The molecule has 1 amide bonds. The van der Waals surface area contributed by atoms with Gasteiger partial charge in [0.2, 0.25) is 0 Å². The third-order valence-corrected chi connectivity index (χ3v) is 3.78. The Kier molecular flexibility index (Phi) is 3.79. The second kappa shape index (κ2) is 5.73. The number of amides is 1. The third kappa shape index (κ3) is 2.85.